The Morgan fingerprint density at radius 1 is 1.15 bits per heavy atom. The van der Waals surface area contributed by atoms with Gasteiger partial charge in [0.05, 0.1) is 6.54 Å². The number of carbonyl (C=O) groups excluding carboxylic acids is 3. The lowest BCUT2D eigenvalue weighted by atomic mass is 10.0. The normalized spacial score (nSPS) is 20.2. The van der Waals surface area contributed by atoms with E-state index in [4.69, 9.17) is 0 Å². The van der Waals surface area contributed by atoms with Crippen LogP contribution >= 0.6 is 0 Å². The minimum Gasteiger partial charge on any atom is -0.347 e. The monoisotopic (exact) mass is 280 g/mol. The summed E-state index contributed by atoms with van der Waals surface area (Å²) in [5.74, 6) is 0.809. The van der Waals surface area contributed by atoms with Crippen molar-refractivity contribution in [3.63, 3.8) is 0 Å². The molecule has 2 aliphatic rings. The molecule has 0 atom stereocenters. The minimum atomic E-state index is -0.0771. The average molecular weight is 280 g/mol. The molecule has 0 radical (unpaired) electrons. The Balaban J connectivity index is 1.60. The van der Waals surface area contributed by atoms with Gasteiger partial charge in [-0.2, -0.15) is 0 Å². The molecule has 2 amide bonds. The molecule has 0 spiro atoms. The highest BCUT2D eigenvalue weighted by atomic mass is 16.2. The third-order valence-corrected chi connectivity index (χ3v) is 4.37. The fourth-order valence-electron chi connectivity index (χ4n) is 3.01. The first-order valence-corrected chi connectivity index (χ1v) is 7.71. The van der Waals surface area contributed by atoms with E-state index >= 15 is 0 Å². The van der Waals surface area contributed by atoms with E-state index in [1.807, 2.05) is 0 Å². The van der Waals surface area contributed by atoms with Crippen LogP contribution in [-0.2, 0) is 14.4 Å². The van der Waals surface area contributed by atoms with Crippen molar-refractivity contribution in [2.45, 2.75) is 51.4 Å². The summed E-state index contributed by atoms with van der Waals surface area (Å²) in [6.45, 7) is 1.06. The molecule has 5 heteroatoms. The van der Waals surface area contributed by atoms with E-state index in [0.717, 1.165) is 6.42 Å². The predicted molar refractivity (Wildman–Crippen MR) is 75.0 cm³/mol. The number of hydrogen-bond acceptors (Lipinski definition) is 3. The molecule has 0 unspecified atom stereocenters. The largest absolute Gasteiger partial charge is 0.347 e. The standard InChI is InChI=1S/C15H24N2O3/c18-13-7-9-17(10-8-13)15(20)11-16-14(19)6-5-12-3-1-2-4-12/h12H,1-11H2,(H,16,19). The molecule has 1 heterocycles. The molecule has 1 saturated carbocycles. The number of piperidine rings is 1. The number of carbonyl (C=O) groups is 3. The number of amides is 2. The van der Waals surface area contributed by atoms with E-state index in [0.29, 0.717) is 38.3 Å². The van der Waals surface area contributed by atoms with Crippen LogP contribution in [0.2, 0.25) is 0 Å². The van der Waals surface area contributed by atoms with Crippen LogP contribution in [-0.4, -0.2) is 42.1 Å². The zero-order valence-electron chi connectivity index (χ0n) is 12.0. The first-order valence-electron chi connectivity index (χ1n) is 7.71. The van der Waals surface area contributed by atoms with Crippen LogP contribution in [0.1, 0.15) is 51.4 Å². The van der Waals surface area contributed by atoms with Gasteiger partial charge in [-0.15, -0.1) is 0 Å². The highest BCUT2D eigenvalue weighted by molar-refractivity contribution is 5.87. The Hall–Kier alpha value is -1.39. The van der Waals surface area contributed by atoms with Gasteiger partial charge in [-0.1, -0.05) is 25.7 Å². The Labute approximate surface area is 120 Å². The Morgan fingerprint density at radius 3 is 2.45 bits per heavy atom. The first kappa shape index (κ1) is 15.0. The van der Waals surface area contributed by atoms with E-state index in [9.17, 15) is 14.4 Å². The summed E-state index contributed by atoms with van der Waals surface area (Å²) in [5.41, 5.74) is 0. The highest BCUT2D eigenvalue weighted by Crippen LogP contribution is 2.28. The molecule has 1 N–H and O–H groups in total. The third kappa shape index (κ3) is 4.62. The van der Waals surface area contributed by atoms with E-state index in [1.54, 1.807) is 4.90 Å². The number of likely N-dealkylation sites (tertiary alicyclic amines) is 1. The maximum absolute atomic E-state index is 11.9. The van der Waals surface area contributed by atoms with Crippen molar-refractivity contribution in [3.05, 3.63) is 0 Å². The zero-order chi connectivity index (χ0) is 14.4. The fraction of sp³-hybridized carbons (Fsp3) is 0.800. The smallest absolute Gasteiger partial charge is 0.241 e. The van der Waals surface area contributed by atoms with E-state index in [-0.39, 0.29) is 24.1 Å². The molecule has 1 saturated heterocycles. The van der Waals surface area contributed by atoms with Gasteiger partial charge in [-0.25, -0.2) is 0 Å². The van der Waals surface area contributed by atoms with Gasteiger partial charge in [0.25, 0.3) is 0 Å². The van der Waals surface area contributed by atoms with Crippen molar-refractivity contribution in [1.29, 1.82) is 0 Å². The van der Waals surface area contributed by atoms with Gasteiger partial charge in [0.15, 0.2) is 0 Å². The molecule has 5 nitrogen and oxygen atoms in total. The highest BCUT2D eigenvalue weighted by Gasteiger charge is 2.21. The maximum Gasteiger partial charge on any atom is 0.241 e. The molecule has 0 aromatic heterocycles. The average Bonchev–Trinajstić information content (AvgIpc) is 2.96. The summed E-state index contributed by atoms with van der Waals surface area (Å²) in [4.78, 5) is 36.3. The SMILES string of the molecule is O=C1CCN(C(=O)CNC(=O)CCC2CCCC2)CC1. The van der Waals surface area contributed by atoms with E-state index < -0.39 is 0 Å². The maximum atomic E-state index is 11.9. The van der Waals surface area contributed by atoms with E-state index in [2.05, 4.69) is 5.32 Å². The lowest BCUT2D eigenvalue weighted by Gasteiger charge is -2.26. The molecule has 0 bridgehead atoms. The van der Waals surface area contributed by atoms with Crippen LogP contribution < -0.4 is 5.32 Å². The summed E-state index contributed by atoms with van der Waals surface area (Å²) in [6, 6.07) is 0. The predicted octanol–water partition coefficient (Wildman–Crippen LogP) is 1.26. The van der Waals surface area contributed by atoms with Gasteiger partial charge in [0.2, 0.25) is 11.8 Å². The number of Topliss-reactive ketones (excluding diaryl/α,β-unsaturated/α-hetero) is 1. The number of ketones is 1. The van der Waals surface area contributed by atoms with Crippen LogP contribution in [0.5, 0.6) is 0 Å². The molecular weight excluding hydrogens is 256 g/mol. The Morgan fingerprint density at radius 2 is 1.80 bits per heavy atom. The molecule has 0 aromatic rings. The Kier molecular flexibility index (Phi) is 5.56. The van der Waals surface area contributed by atoms with Crippen molar-refractivity contribution in [2.75, 3.05) is 19.6 Å². The van der Waals surface area contributed by atoms with Crippen LogP contribution in [0, 0.1) is 5.92 Å². The lowest BCUT2D eigenvalue weighted by molar-refractivity contribution is -0.135. The quantitative estimate of drug-likeness (QED) is 0.824. The first-order chi connectivity index (χ1) is 9.65. The third-order valence-electron chi connectivity index (χ3n) is 4.37. The molecular formula is C15H24N2O3. The van der Waals surface area contributed by atoms with Gasteiger partial charge in [0.1, 0.15) is 5.78 Å². The van der Waals surface area contributed by atoms with Crippen LogP contribution in [0.4, 0.5) is 0 Å². The second kappa shape index (κ2) is 7.41. The number of rotatable bonds is 5. The van der Waals surface area contributed by atoms with Crippen molar-refractivity contribution >= 4 is 17.6 Å². The van der Waals surface area contributed by atoms with Crippen LogP contribution in [0.25, 0.3) is 0 Å². The van der Waals surface area contributed by atoms with Crippen molar-refractivity contribution in [2.24, 2.45) is 5.92 Å². The molecule has 2 rings (SSSR count). The number of nitrogens with zero attached hydrogens (tertiary/aromatic N) is 1. The van der Waals surface area contributed by atoms with Gasteiger partial charge < -0.3 is 10.2 Å². The molecule has 112 valence electrons. The van der Waals surface area contributed by atoms with Crippen molar-refractivity contribution in [3.8, 4) is 0 Å². The van der Waals surface area contributed by atoms with Gasteiger partial charge in [0, 0.05) is 32.4 Å². The lowest BCUT2D eigenvalue weighted by Crippen LogP contribution is -2.44. The molecule has 1 aliphatic carbocycles. The van der Waals surface area contributed by atoms with Crippen LogP contribution in [0.15, 0.2) is 0 Å². The molecule has 0 aromatic carbocycles. The molecule has 2 fully saturated rings. The second-order valence-corrected chi connectivity index (χ2v) is 5.89. The minimum absolute atomic E-state index is 0.0293. The van der Waals surface area contributed by atoms with Gasteiger partial charge in [-0.05, 0) is 12.3 Å². The summed E-state index contributed by atoms with van der Waals surface area (Å²) < 4.78 is 0. The summed E-state index contributed by atoms with van der Waals surface area (Å²) in [5, 5.41) is 2.70. The zero-order valence-corrected chi connectivity index (χ0v) is 12.0. The van der Waals surface area contributed by atoms with Gasteiger partial charge in [-0.3, -0.25) is 14.4 Å². The summed E-state index contributed by atoms with van der Waals surface area (Å²) in [6.07, 6.45) is 7.43. The van der Waals surface area contributed by atoms with E-state index in [1.165, 1.54) is 25.7 Å². The second-order valence-electron chi connectivity index (χ2n) is 5.89. The number of hydrogen-bond donors (Lipinski definition) is 1. The van der Waals surface area contributed by atoms with Crippen molar-refractivity contribution in [1.82, 2.24) is 10.2 Å². The topological polar surface area (TPSA) is 66.5 Å². The van der Waals surface area contributed by atoms with Crippen molar-refractivity contribution < 1.29 is 14.4 Å². The summed E-state index contributed by atoms with van der Waals surface area (Å²) >= 11 is 0. The molecule has 1 aliphatic heterocycles. The van der Waals surface area contributed by atoms with Crippen LogP contribution in [0.3, 0.4) is 0 Å². The summed E-state index contributed by atoms with van der Waals surface area (Å²) in [7, 11) is 0. The Bertz CT molecular complexity index is 365. The number of nitrogens with one attached hydrogen (secondary N) is 1. The molecule has 20 heavy (non-hydrogen) atoms. The van der Waals surface area contributed by atoms with Gasteiger partial charge >= 0.3 is 0 Å². The fourth-order valence-corrected chi connectivity index (χ4v) is 3.01.